The van der Waals surface area contributed by atoms with E-state index in [1.54, 1.807) is 39.0 Å². The Labute approximate surface area is 141 Å². The lowest BCUT2D eigenvalue weighted by Gasteiger charge is -2.17. The van der Waals surface area contributed by atoms with Crippen molar-refractivity contribution in [2.75, 3.05) is 25.0 Å². The lowest BCUT2D eigenvalue weighted by molar-refractivity contribution is -0.384. The summed E-state index contributed by atoms with van der Waals surface area (Å²) in [6.45, 7) is 6.38. The van der Waals surface area contributed by atoms with E-state index in [1.807, 2.05) is 0 Å². The minimum Gasteiger partial charge on any atom is -0.378 e. The maximum Gasteiger partial charge on any atom is 0.292 e. The van der Waals surface area contributed by atoms with Crippen molar-refractivity contribution in [3.05, 3.63) is 34.4 Å². The van der Waals surface area contributed by atoms with Crippen LogP contribution in [-0.4, -0.2) is 36.4 Å². The summed E-state index contributed by atoms with van der Waals surface area (Å²) in [5, 5.41) is 19.2. The van der Waals surface area contributed by atoms with Crippen molar-refractivity contribution in [3.63, 3.8) is 0 Å². The van der Waals surface area contributed by atoms with E-state index >= 15 is 0 Å². The molecule has 24 heavy (non-hydrogen) atoms. The maximum absolute atomic E-state index is 11.7. The highest BCUT2D eigenvalue weighted by atomic mass is 16.6. The Hall–Kier alpha value is -2.64. The third kappa shape index (κ3) is 6.64. The summed E-state index contributed by atoms with van der Waals surface area (Å²) in [6, 6.07) is 6.32. The number of nitrogens with zero attached hydrogens (tertiary/aromatic N) is 1. The first kappa shape index (κ1) is 19.4. The van der Waals surface area contributed by atoms with Crippen molar-refractivity contribution >= 4 is 23.2 Å². The number of nitro benzene ring substituents is 1. The molecule has 1 rings (SSSR count). The van der Waals surface area contributed by atoms with Crippen molar-refractivity contribution in [1.29, 1.82) is 0 Å². The van der Waals surface area contributed by atoms with Gasteiger partial charge in [0.1, 0.15) is 5.69 Å². The molecule has 0 spiro atoms. The standard InChI is InChI=1S/C16H24N4O4/c1-16(2,3)15(22)19-9-8-14(21)18-11-10-17-12-6-4-5-7-13(12)20(23)24/h4-7,17H,8-11H2,1-3H3,(H,18,21)(H,19,22). The summed E-state index contributed by atoms with van der Waals surface area (Å²) in [7, 11) is 0. The number of hydrogen-bond donors (Lipinski definition) is 3. The number of para-hydroxylation sites is 2. The molecule has 0 heterocycles. The predicted molar refractivity (Wildman–Crippen MR) is 91.7 cm³/mol. The zero-order chi connectivity index (χ0) is 18.2. The molecular formula is C16H24N4O4. The Kier molecular flexibility index (Phi) is 7.16. The van der Waals surface area contributed by atoms with E-state index in [0.717, 1.165) is 0 Å². The topological polar surface area (TPSA) is 113 Å². The second-order valence-electron chi connectivity index (χ2n) is 6.31. The fourth-order valence-corrected chi connectivity index (χ4v) is 1.82. The van der Waals surface area contributed by atoms with Gasteiger partial charge in [0.2, 0.25) is 11.8 Å². The van der Waals surface area contributed by atoms with Gasteiger partial charge in [0.15, 0.2) is 0 Å². The molecular weight excluding hydrogens is 312 g/mol. The molecule has 8 nitrogen and oxygen atoms in total. The zero-order valence-electron chi connectivity index (χ0n) is 14.2. The summed E-state index contributed by atoms with van der Waals surface area (Å²) in [5.74, 6) is -0.290. The number of rotatable bonds is 8. The molecule has 0 aliphatic rings. The third-order valence-corrected chi connectivity index (χ3v) is 3.18. The average Bonchev–Trinajstić information content (AvgIpc) is 2.50. The average molecular weight is 336 g/mol. The van der Waals surface area contributed by atoms with E-state index in [4.69, 9.17) is 0 Å². The van der Waals surface area contributed by atoms with Gasteiger partial charge < -0.3 is 16.0 Å². The molecule has 132 valence electrons. The Morgan fingerprint density at radius 1 is 1.08 bits per heavy atom. The number of carbonyl (C=O) groups is 2. The van der Waals surface area contributed by atoms with Crippen LogP contribution in [0.4, 0.5) is 11.4 Å². The quantitative estimate of drug-likeness (QED) is 0.380. The molecule has 0 fully saturated rings. The van der Waals surface area contributed by atoms with Gasteiger partial charge in [-0.1, -0.05) is 32.9 Å². The number of amides is 2. The van der Waals surface area contributed by atoms with Crippen molar-refractivity contribution in [2.24, 2.45) is 5.41 Å². The summed E-state index contributed by atoms with van der Waals surface area (Å²) in [4.78, 5) is 33.7. The van der Waals surface area contributed by atoms with E-state index in [9.17, 15) is 19.7 Å². The molecule has 0 saturated carbocycles. The number of anilines is 1. The minimum absolute atomic E-state index is 0.00582. The van der Waals surface area contributed by atoms with Crippen molar-refractivity contribution in [3.8, 4) is 0 Å². The number of nitro groups is 1. The minimum atomic E-state index is -0.481. The van der Waals surface area contributed by atoms with Crippen LogP contribution in [0.1, 0.15) is 27.2 Å². The van der Waals surface area contributed by atoms with Crippen molar-refractivity contribution in [2.45, 2.75) is 27.2 Å². The molecule has 0 atom stereocenters. The van der Waals surface area contributed by atoms with Gasteiger partial charge in [-0.2, -0.15) is 0 Å². The first-order valence-corrected chi connectivity index (χ1v) is 7.74. The third-order valence-electron chi connectivity index (χ3n) is 3.18. The van der Waals surface area contributed by atoms with E-state index in [0.29, 0.717) is 18.8 Å². The monoisotopic (exact) mass is 336 g/mol. The van der Waals surface area contributed by atoms with Gasteiger partial charge in [-0.3, -0.25) is 19.7 Å². The number of carbonyl (C=O) groups excluding carboxylic acids is 2. The first-order valence-electron chi connectivity index (χ1n) is 7.74. The van der Waals surface area contributed by atoms with Crippen LogP contribution >= 0.6 is 0 Å². The molecule has 1 aromatic rings. The molecule has 0 unspecified atom stereocenters. The van der Waals surface area contributed by atoms with E-state index in [2.05, 4.69) is 16.0 Å². The Balaban J connectivity index is 2.25. The van der Waals surface area contributed by atoms with Crippen LogP contribution in [0.15, 0.2) is 24.3 Å². The molecule has 1 aromatic carbocycles. The van der Waals surface area contributed by atoms with Gasteiger partial charge in [0.25, 0.3) is 5.69 Å². The van der Waals surface area contributed by atoms with Crippen LogP contribution in [0.2, 0.25) is 0 Å². The van der Waals surface area contributed by atoms with Gasteiger partial charge in [-0.15, -0.1) is 0 Å². The highest BCUT2D eigenvalue weighted by molar-refractivity contribution is 5.82. The van der Waals surface area contributed by atoms with Gasteiger partial charge in [-0.25, -0.2) is 0 Å². The van der Waals surface area contributed by atoms with Crippen LogP contribution < -0.4 is 16.0 Å². The van der Waals surface area contributed by atoms with Gasteiger partial charge in [0, 0.05) is 37.5 Å². The lowest BCUT2D eigenvalue weighted by atomic mass is 9.96. The van der Waals surface area contributed by atoms with Gasteiger partial charge >= 0.3 is 0 Å². The van der Waals surface area contributed by atoms with Crippen molar-refractivity contribution < 1.29 is 14.5 Å². The SMILES string of the molecule is CC(C)(C)C(=O)NCCC(=O)NCCNc1ccccc1[N+](=O)[O-]. The zero-order valence-corrected chi connectivity index (χ0v) is 14.2. The van der Waals surface area contributed by atoms with Crippen LogP contribution in [0.25, 0.3) is 0 Å². The highest BCUT2D eigenvalue weighted by Crippen LogP contribution is 2.22. The Morgan fingerprint density at radius 3 is 2.38 bits per heavy atom. The normalized spacial score (nSPS) is 10.8. The summed E-state index contributed by atoms with van der Waals surface area (Å²) >= 11 is 0. The fourth-order valence-electron chi connectivity index (χ4n) is 1.82. The van der Waals surface area contributed by atoms with Crippen molar-refractivity contribution in [1.82, 2.24) is 10.6 Å². The first-order chi connectivity index (χ1) is 11.2. The second kappa shape index (κ2) is 8.85. The smallest absolute Gasteiger partial charge is 0.292 e. The number of hydrogen-bond acceptors (Lipinski definition) is 5. The van der Waals surface area contributed by atoms with Crippen LogP contribution in [0, 0.1) is 15.5 Å². The highest BCUT2D eigenvalue weighted by Gasteiger charge is 2.20. The number of nitrogens with one attached hydrogen (secondary N) is 3. The predicted octanol–water partition coefficient (Wildman–Crippen LogP) is 1.68. The van der Waals surface area contributed by atoms with E-state index in [-0.39, 0.29) is 30.5 Å². The number of benzene rings is 1. The molecule has 8 heteroatoms. The summed E-state index contributed by atoms with van der Waals surface area (Å²) < 4.78 is 0. The fraction of sp³-hybridized carbons (Fsp3) is 0.500. The van der Waals surface area contributed by atoms with Gasteiger partial charge in [0.05, 0.1) is 4.92 Å². The molecule has 0 aliphatic heterocycles. The molecule has 0 bridgehead atoms. The summed E-state index contributed by atoms with van der Waals surface area (Å²) in [6.07, 6.45) is 0.188. The van der Waals surface area contributed by atoms with Crippen LogP contribution in [0.3, 0.4) is 0 Å². The molecule has 0 saturated heterocycles. The lowest BCUT2D eigenvalue weighted by Crippen LogP contribution is -2.37. The Morgan fingerprint density at radius 2 is 1.75 bits per heavy atom. The molecule has 0 radical (unpaired) electrons. The Bertz CT molecular complexity index is 596. The van der Waals surface area contributed by atoms with E-state index in [1.165, 1.54) is 6.07 Å². The molecule has 2 amide bonds. The molecule has 0 aromatic heterocycles. The van der Waals surface area contributed by atoms with Crippen LogP contribution in [-0.2, 0) is 9.59 Å². The van der Waals surface area contributed by atoms with Gasteiger partial charge in [-0.05, 0) is 6.07 Å². The summed E-state index contributed by atoms with van der Waals surface area (Å²) in [5.41, 5.74) is -0.0759. The van der Waals surface area contributed by atoms with E-state index < -0.39 is 10.3 Å². The second-order valence-corrected chi connectivity index (χ2v) is 6.31. The molecule has 0 aliphatic carbocycles. The maximum atomic E-state index is 11.7. The molecule has 3 N–H and O–H groups in total. The largest absolute Gasteiger partial charge is 0.378 e. The van der Waals surface area contributed by atoms with Crippen LogP contribution in [0.5, 0.6) is 0 Å².